The van der Waals surface area contributed by atoms with Gasteiger partial charge < -0.3 is 10.1 Å². The molecule has 28 heavy (non-hydrogen) atoms. The number of nitrogens with one attached hydrogen (secondary N) is 1. The Morgan fingerprint density at radius 1 is 1.21 bits per heavy atom. The van der Waals surface area contributed by atoms with E-state index in [9.17, 15) is 24.5 Å². The van der Waals surface area contributed by atoms with Gasteiger partial charge in [-0.1, -0.05) is 12.1 Å². The summed E-state index contributed by atoms with van der Waals surface area (Å²) in [7, 11) is 0. The van der Waals surface area contributed by atoms with Crippen LogP contribution >= 0.6 is 0 Å². The molecule has 3 rings (SSSR count). The predicted molar refractivity (Wildman–Crippen MR) is 96.7 cm³/mol. The molecule has 0 unspecified atom stereocenters. The van der Waals surface area contributed by atoms with E-state index >= 15 is 0 Å². The van der Waals surface area contributed by atoms with Crippen LogP contribution in [0.1, 0.15) is 33.3 Å². The van der Waals surface area contributed by atoms with Gasteiger partial charge in [0.05, 0.1) is 40.2 Å². The van der Waals surface area contributed by atoms with Crippen LogP contribution in [0.4, 0.5) is 5.82 Å². The smallest absolute Gasteiger partial charge is 0.358 e. The molecule has 11 nitrogen and oxygen atoms in total. The Hall–Kier alpha value is -3.89. The average Bonchev–Trinajstić information content (AvgIpc) is 3.14. The first-order valence-electron chi connectivity index (χ1n) is 8.24. The number of amides is 3. The van der Waals surface area contributed by atoms with Gasteiger partial charge in [0.1, 0.15) is 6.54 Å². The lowest BCUT2D eigenvalue weighted by atomic mass is 10.1. The van der Waals surface area contributed by atoms with E-state index in [1.54, 1.807) is 38.1 Å². The molecule has 1 N–H and O–H groups in total. The number of fused-ring (bicyclic) bond motifs is 1. The van der Waals surface area contributed by atoms with Gasteiger partial charge in [-0.15, -0.1) is 0 Å². The molecule has 2 aromatic rings. The van der Waals surface area contributed by atoms with Crippen molar-refractivity contribution in [3.8, 4) is 0 Å². The first-order valence-corrected chi connectivity index (χ1v) is 8.24. The van der Waals surface area contributed by atoms with Gasteiger partial charge in [-0.05, 0) is 30.9 Å². The lowest BCUT2D eigenvalue weighted by molar-refractivity contribution is -0.389. The Balaban J connectivity index is 1.61. The van der Waals surface area contributed by atoms with Crippen LogP contribution < -0.4 is 5.43 Å². The normalized spacial score (nSPS) is 13.6. The number of hydrazone groups is 1. The molecule has 0 atom stereocenters. The molecule has 0 radical (unpaired) electrons. The number of hydrogen-bond donors (Lipinski definition) is 1. The van der Waals surface area contributed by atoms with E-state index in [1.807, 2.05) is 0 Å². The molecule has 3 amide bonds. The average molecular weight is 384 g/mol. The summed E-state index contributed by atoms with van der Waals surface area (Å²) in [5.41, 5.74) is 3.75. The Labute approximate surface area is 158 Å². The van der Waals surface area contributed by atoms with Crippen LogP contribution in [0, 0.1) is 17.0 Å². The van der Waals surface area contributed by atoms with Crippen molar-refractivity contribution in [2.24, 2.45) is 5.10 Å². The summed E-state index contributed by atoms with van der Waals surface area (Å²) in [6, 6.07) is 7.77. The zero-order valence-electron chi connectivity index (χ0n) is 15.1. The van der Waals surface area contributed by atoms with Crippen molar-refractivity contribution < 1.29 is 19.3 Å². The van der Waals surface area contributed by atoms with Crippen molar-refractivity contribution in [3.05, 3.63) is 57.3 Å². The summed E-state index contributed by atoms with van der Waals surface area (Å²) >= 11 is 0. The van der Waals surface area contributed by atoms with Crippen molar-refractivity contribution in [2.45, 2.75) is 20.4 Å². The van der Waals surface area contributed by atoms with Crippen molar-refractivity contribution in [1.29, 1.82) is 0 Å². The first kappa shape index (κ1) is 18.9. The Morgan fingerprint density at radius 3 is 2.36 bits per heavy atom. The molecule has 0 saturated carbocycles. The number of imide groups is 1. The van der Waals surface area contributed by atoms with E-state index in [1.165, 1.54) is 10.7 Å². The highest BCUT2D eigenvalue weighted by atomic mass is 16.6. The molecule has 0 spiro atoms. The fraction of sp³-hybridized carbons (Fsp3) is 0.235. The van der Waals surface area contributed by atoms with Crippen LogP contribution in [0.15, 0.2) is 35.4 Å². The summed E-state index contributed by atoms with van der Waals surface area (Å²) in [4.78, 5) is 47.7. The second-order valence-corrected chi connectivity index (χ2v) is 6.18. The van der Waals surface area contributed by atoms with E-state index in [0.29, 0.717) is 22.5 Å². The maximum atomic E-state index is 12.3. The van der Waals surface area contributed by atoms with Gasteiger partial charge >= 0.3 is 5.82 Å². The highest BCUT2D eigenvalue weighted by molar-refractivity contribution is 6.22. The SMILES string of the molecule is C/C(CN1C(=O)c2ccccc2C1=O)=N\NC(=O)Cn1nc([N+](=O)[O-])cc1C. The third-order valence-electron chi connectivity index (χ3n) is 4.09. The number of rotatable bonds is 6. The number of nitrogens with zero attached hydrogens (tertiary/aromatic N) is 5. The van der Waals surface area contributed by atoms with Crippen molar-refractivity contribution in [1.82, 2.24) is 20.1 Å². The fourth-order valence-corrected chi connectivity index (χ4v) is 2.72. The van der Waals surface area contributed by atoms with Crippen molar-refractivity contribution in [3.63, 3.8) is 0 Å². The van der Waals surface area contributed by atoms with Gasteiger partial charge in [-0.25, -0.2) is 5.43 Å². The quantitative estimate of drug-likeness (QED) is 0.339. The number of aromatic nitrogens is 2. The highest BCUT2D eigenvalue weighted by Crippen LogP contribution is 2.22. The van der Waals surface area contributed by atoms with Crippen LogP contribution in [0.3, 0.4) is 0 Å². The molecular weight excluding hydrogens is 368 g/mol. The van der Waals surface area contributed by atoms with Gasteiger partial charge in [-0.3, -0.25) is 19.3 Å². The van der Waals surface area contributed by atoms with Crippen LogP contribution in [0.25, 0.3) is 0 Å². The zero-order valence-corrected chi connectivity index (χ0v) is 15.1. The predicted octanol–water partition coefficient (Wildman–Crippen LogP) is 0.888. The van der Waals surface area contributed by atoms with Gasteiger partial charge in [0, 0.05) is 0 Å². The van der Waals surface area contributed by atoms with Crippen LogP contribution in [-0.2, 0) is 11.3 Å². The molecule has 0 fully saturated rings. The second kappa shape index (κ2) is 7.39. The molecule has 1 aromatic heterocycles. The molecule has 144 valence electrons. The minimum absolute atomic E-state index is 0.0705. The molecule has 0 aliphatic carbocycles. The standard InChI is InChI=1S/C17H16N6O5/c1-10(8-21-16(25)12-5-3-4-6-13(12)17(21)26)18-19-15(24)9-22-11(2)7-14(20-22)23(27)28/h3-7H,8-9H2,1-2H3,(H,19,24)/b18-10+. The van der Waals surface area contributed by atoms with E-state index in [4.69, 9.17) is 0 Å². The molecule has 0 bridgehead atoms. The second-order valence-electron chi connectivity index (χ2n) is 6.18. The Morgan fingerprint density at radius 2 is 1.82 bits per heavy atom. The maximum absolute atomic E-state index is 12.3. The number of carbonyl (C=O) groups is 3. The summed E-state index contributed by atoms with van der Waals surface area (Å²) in [5, 5.41) is 18.3. The molecule has 1 aliphatic heterocycles. The molecular formula is C17H16N6O5. The van der Waals surface area contributed by atoms with Crippen LogP contribution in [0.5, 0.6) is 0 Å². The fourth-order valence-electron chi connectivity index (χ4n) is 2.72. The number of aryl methyl sites for hydroxylation is 1. The number of carbonyl (C=O) groups excluding carboxylic acids is 3. The zero-order chi connectivity index (χ0) is 20.4. The van der Waals surface area contributed by atoms with E-state index in [0.717, 1.165) is 4.90 Å². The lowest BCUT2D eigenvalue weighted by Gasteiger charge is -2.13. The monoisotopic (exact) mass is 384 g/mol. The summed E-state index contributed by atoms with van der Waals surface area (Å²) in [6.45, 7) is 2.82. The number of nitro groups is 1. The maximum Gasteiger partial charge on any atom is 0.390 e. The van der Waals surface area contributed by atoms with Crippen molar-refractivity contribution >= 4 is 29.3 Å². The highest BCUT2D eigenvalue weighted by Gasteiger charge is 2.35. The topological polar surface area (TPSA) is 140 Å². The molecule has 1 aromatic carbocycles. The lowest BCUT2D eigenvalue weighted by Crippen LogP contribution is -2.35. The largest absolute Gasteiger partial charge is 0.390 e. The summed E-state index contributed by atoms with van der Waals surface area (Å²) in [5.74, 6) is -1.74. The van der Waals surface area contributed by atoms with E-state index in [-0.39, 0.29) is 18.9 Å². The third-order valence-corrected chi connectivity index (χ3v) is 4.09. The van der Waals surface area contributed by atoms with Gasteiger partial charge in [0.15, 0.2) is 0 Å². The molecule has 11 heteroatoms. The van der Waals surface area contributed by atoms with Crippen LogP contribution in [-0.4, -0.2) is 49.6 Å². The Kier molecular flexibility index (Phi) is 4.98. The minimum atomic E-state index is -0.647. The third kappa shape index (κ3) is 3.63. The summed E-state index contributed by atoms with van der Waals surface area (Å²) in [6.07, 6.45) is 0. The van der Waals surface area contributed by atoms with Crippen LogP contribution in [0.2, 0.25) is 0 Å². The van der Waals surface area contributed by atoms with Gasteiger partial charge in [0.2, 0.25) is 0 Å². The van der Waals surface area contributed by atoms with E-state index in [2.05, 4.69) is 15.6 Å². The van der Waals surface area contributed by atoms with Gasteiger partial charge in [-0.2, -0.15) is 9.78 Å². The first-order chi connectivity index (χ1) is 13.3. The molecule has 0 saturated heterocycles. The molecule has 2 heterocycles. The van der Waals surface area contributed by atoms with Crippen molar-refractivity contribution in [2.75, 3.05) is 6.54 Å². The summed E-state index contributed by atoms with van der Waals surface area (Å²) < 4.78 is 1.18. The molecule has 1 aliphatic rings. The van der Waals surface area contributed by atoms with E-state index < -0.39 is 22.6 Å². The van der Waals surface area contributed by atoms with Gasteiger partial charge in [0.25, 0.3) is 17.7 Å². The minimum Gasteiger partial charge on any atom is -0.358 e. The number of hydrogen-bond acceptors (Lipinski definition) is 7. The number of benzene rings is 1. The Bertz CT molecular complexity index is 990.